The molecule has 2 aliphatic rings. The van der Waals surface area contributed by atoms with Gasteiger partial charge in [0.15, 0.2) is 0 Å². The van der Waals surface area contributed by atoms with Crippen molar-refractivity contribution in [2.24, 2.45) is 5.92 Å². The maximum absolute atomic E-state index is 13.8. The van der Waals surface area contributed by atoms with Gasteiger partial charge in [0.1, 0.15) is 5.82 Å². The Morgan fingerprint density at radius 1 is 1.25 bits per heavy atom. The van der Waals surface area contributed by atoms with Crippen LogP contribution in [0.25, 0.3) is 0 Å². The molecule has 0 bridgehead atoms. The van der Waals surface area contributed by atoms with E-state index < -0.39 is 0 Å². The molecular weight excluding hydrogens is 203 g/mol. The van der Waals surface area contributed by atoms with Crippen LogP contribution in [0.1, 0.15) is 25.7 Å². The fourth-order valence-corrected chi connectivity index (χ4v) is 2.16. The Bertz CT molecular complexity index is 397. The zero-order valence-electron chi connectivity index (χ0n) is 9.32. The Morgan fingerprint density at radius 3 is 2.56 bits per heavy atom. The predicted molar refractivity (Wildman–Crippen MR) is 63.9 cm³/mol. The summed E-state index contributed by atoms with van der Waals surface area (Å²) in [6, 6.07) is 5.61. The molecule has 1 aromatic carbocycles. The lowest BCUT2D eigenvalue weighted by molar-refractivity contribution is 0.609. The molecule has 0 heterocycles. The molecule has 16 heavy (non-hydrogen) atoms. The Labute approximate surface area is 95.2 Å². The normalized spacial score (nSPS) is 19.8. The fourth-order valence-electron chi connectivity index (χ4n) is 2.16. The SMILES string of the molecule is Nc1ccc(N(CC2CC2)C2CC2)c(F)c1. The summed E-state index contributed by atoms with van der Waals surface area (Å²) in [6.45, 7) is 1.02. The van der Waals surface area contributed by atoms with Crippen molar-refractivity contribution in [1.29, 1.82) is 0 Å². The minimum Gasteiger partial charge on any atom is -0.399 e. The Hall–Kier alpha value is -1.25. The van der Waals surface area contributed by atoms with Crippen molar-refractivity contribution < 1.29 is 4.39 Å². The summed E-state index contributed by atoms with van der Waals surface area (Å²) in [7, 11) is 0. The molecule has 0 aromatic heterocycles. The van der Waals surface area contributed by atoms with E-state index in [2.05, 4.69) is 4.90 Å². The van der Waals surface area contributed by atoms with Crippen LogP contribution in [-0.4, -0.2) is 12.6 Å². The van der Waals surface area contributed by atoms with E-state index in [0.717, 1.165) is 18.2 Å². The monoisotopic (exact) mass is 220 g/mol. The van der Waals surface area contributed by atoms with Crippen LogP contribution in [0.15, 0.2) is 18.2 Å². The van der Waals surface area contributed by atoms with Crippen LogP contribution in [0.5, 0.6) is 0 Å². The molecule has 0 unspecified atom stereocenters. The average molecular weight is 220 g/mol. The molecule has 2 N–H and O–H groups in total. The zero-order chi connectivity index (χ0) is 11.1. The van der Waals surface area contributed by atoms with Gasteiger partial charge in [0.05, 0.1) is 5.69 Å². The van der Waals surface area contributed by atoms with Crippen LogP contribution >= 0.6 is 0 Å². The second-order valence-corrected chi connectivity index (χ2v) is 5.04. The first-order chi connectivity index (χ1) is 7.74. The molecule has 0 spiro atoms. The molecule has 0 saturated heterocycles. The molecule has 2 aliphatic carbocycles. The molecule has 1 aromatic rings. The third kappa shape index (κ3) is 1.99. The molecule has 0 atom stereocenters. The maximum Gasteiger partial charge on any atom is 0.148 e. The van der Waals surface area contributed by atoms with Crippen molar-refractivity contribution >= 4 is 11.4 Å². The lowest BCUT2D eigenvalue weighted by atomic mass is 10.2. The van der Waals surface area contributed by atoms with Crippen molar-refractivity contribution in [2.45, 2.75) is 31.7 Å². The maximum atomic E-state index is 13.8. The van der Waals surface area contributed by atoms with E-state index in [1.807, 2.05) is 6.07 Å². The average Bonchev–Trinajstić information content (AvgIpc) is 3.11. The van der Waals surface area contributed by atoms with Gasteiger partial charge in [-0.3, -0.25) is 0 Å². The molecule has 86 valence electrons. The Morgan fingerprint density at radius 2 is 2.00 bits per heavy atom. The highest BCUT2D eigenvalue weighted by Crippen LogP contribution is 2.38. The van der Waals surface area contributed by atoms with E-state index in [-0.39, 0.29) is 5.82 Å². The van der Waals surface area contributed by atoms with E-state index in [1.54, 1.807) is 6.07 Å². The summed E-state index contributed by atoms with van der Waals surface area (Å²) in [6.07, 6.45) is 5.02. The summed E-state index contributed by atoms with van der Waals surface area (Å²) >= 11 is 0. The molecule has 2 fully saturated rings. The molecule has 3 heteroatoms. The highest BCUT2D eigenvalue weighted by Gasteiger charge is 2.34. The van der Waals surface area contributed by atoms with Gasteiger partial charge in [0.2, 0.25) is 0 Å². The summed E-state index contributed by atoms with van der Waals surface area (Å²) in [5.74, 6) is 0.616. The number of nitrogen functional groups attached to an aromatic ring is 1. The van der Waals surface area contributed by atoms with Gasteiger partial charge < -0.3 is 10.6 Å². The van der Waals surface area contributed by atoms with Gasteiger partial charge in [0, 0.05) is 18.3 Å². The van der Waals surface area contributed by atoms with Crippen LogP contribution in [0.2, 0.25) is 0 Å². The lowest BCUT2D eigenvalue weighted by Gasteiger charge is -2.25. The highest BCUT2D eigenvalue weighted by molar-refractivity contribution is 5.56. The van der Waals surface area contributed by atoms with Crippen LogP contribution in [0.4, 0.5) is 15.8 Å². The summed E-state index contributed by atoms with van der Waals surface area (Å²) in [5.41, 5.74) is 6.82. The molecular formula is C13H17FN2. The van der Waals surface area contributed by atoms with Crippen LogP contribution in [0.3, 0.4) is 0 Å². The third-order valence-electron chi connectivity index (χ3n) is 3.42. The molecule has 2 saturated carbocycles. The van der Waals surface area contributed by atoms with Gasteiger partial charge in [-0.1, -0.05) is 0 Å². The zero-order valence-corrected chi connectivity index (χ0v) is 9.32. The lowest BCUT2D eigenvalue weighted by Crippen LogP contribution is -2.28. The topological polar surface area (TPSA) is 29.3 Å². The summed E-state index contributed by atoms with van der Waals surface area (Å²) in [4.78, 5) is 2.24. The Kier molecular flexibility index (Phi) is 2.27. The number of nitrogens with zero attached hydrogens (tertiary/aromatic N) is 1. The van der Waals surface area contributed by atoms with Gasteiger partial charge in [-0.15, -0.1) is 0 Å². The molecule has 0 radical (unpaired) electrons. The van der Waals surface area contributed by atoms with Crippen molar-refractivity contribution in [1.82, 2.24) is 0 Å². The fraction of sp³-hybridized carbons (Fsp3) is 0.538. The van der Waals surface area contributed by atoms with E-state index in [9.17, 15) is 4.39 Å². The first-order valence-electron chi connectivity index (χ1n) is 6.05. The minimum absolute atomic E-state index is 0.174. The third-order valence-corrected chi connectivity index (χ3v) is 3.42. The standard InChI is InChI=1S/C13H17FN2/c14-12-7-10(15)3-6-13(12)16(11-4-5-11)8-9-1-2-9/h3,6-7,9,11H,1-2,4-5,8,15H2. The molecule has 0 amide bonds. The molecule has 0 aliphatic heterocycles. The number of anilines is 2. The largest absolute Gasteiger partial charge is 0.399 e. The van der Waals surface area contributed by atoms with Crippen LogP contribution < -0.4 is 10.6 Å². The second kappa shape index (κ2) is 3.65. The van der Waals surface area contributed by atoms with Crippen molar-refractivity contribution in [2.75, 3.05) is 17.2 Å². The van der Waals surface area contributed by atoms with E-state index in [0.29, 0.717) is 11.7 Å². The van der Waals surface area contributed by atoms with E-state index in [4.69, 9.17) is 5.73 Å². The first-order valence-corrected chi connectivity index (χ1v) is 6.05. The second-order valence-electron chi connectivity index (χ2n) is 5.04. The number of hydrogen-bond donors (Lipinski definition) is 1. The number of rotatable bonds is 4. The summed E-state index contributed by atoms with van der Waals surface area (Å²) < 4.78 is 13.8. The van der Waals surface area contributed by atoms with Crippen molar-refractivity contribution in [3.63, 3.8) is 0 Å². The smallest absolute Gasteiger partial charge is 0.148 e. The molecule has 3 rings (SSSR count). The van der Waals surface area contributed by atoms with Crippen molar-refractivity contribution in [3.8, 4) is 0 Å². The number of benzene rings is 1. The Balaban J connectivity index is 1.85. The highest BCUT2D eigenvalue weighted by atomic mass is 19.1. The van der Waals surface area contributed by atoms with Crippen LogP contribution in [0, 0.1) is 11.7 Å². The minimum atomic E-state index is -0.174. The number of hydrogen-bond acceptors (Lipinski definition) is 2. The van der Waals surface area contributed by atoms with Gasteiger partial charge in [-0.25, -0.2) is 4.39 Å². The first kappa shape index (κ1) is 9.94. The van der Waals surface area contributed by atoms with E-state index in [1.165, 1.54) is 31.7 Å². The van der Waals surface area contributed by atoms with Gasteiger partial charge in [-0.05, 0) is 49.8 Å². The van der Waals surface area contributed by atoms with Crippen LogP contribution in [-0.2, 0) is 0 Å². The van der Waals surface area contributed by atoms with Gasteiger partial charge >= 0.3 is 0 Å². The predicted octanol–water partition coefficient (Wildman–Crippen LogP) is 2.79. The number of halogens is 1. The quantitative estimate of drug-likeness (QED) is 0.790. The summed E-state index contributed by atoms with van der Waals surface area (Å²) in [5, 5.41) is 0. The van der Waals surface area contributed by atoms with Gasteiger partial charge in [-0.2, -0.15) is 0 Å². The number of nitrogens with two attached hydrogens (primary N) is 1. The van der Waals surface area contributed by atoms with E-state index >= 15 is 0 Å². The molecule has 2 nitrogen and oxygen atoms in total. The van der Waals surface area contributed by atoms with Gasteiger partial charge in [0.25, 0.3) is 0 Å². The van der Waals surface area contributed by atoms with Crippen molar-refractivity contribution in [3.05, 3.63) is 24.0 Å².